The van der Waals surface area contributed by atoms with Gasteiger partial charge in [0.1, 0.15) is 11.5 Å². The van der Waals surface area contributed by atoms with Crippen LogP contribution < -0.4 is 4.90 Å². The normalized spacial score (nSPS) is 14.2. The summed E-state index contributed by atoms with van der Waals surface area (Å²) in [5, 5.41) is 0. The molecule has 0 saturated carbocycles. The van der Waals surface area contributed by atoms with E-state index in [2.05, 4.69) is 4.74 Å². The van der Waals surface area contributed by atoms with Gasteiger partial charge in [-0.1, -0.05) is 6.08 Å². The quantitative estimate of drug-likeness (QED) is 0.579. The maximum absolute atomic E-state index is 13.8. The number of methoxy groups -OCH3 is 2. The molecule has 9 heteroatoms. The van der Waals surface area contributed by atoms with Gasteiger partial charge in [0, 0.05) is 12.5 Å². The fraction of sp³-hybridized carbons (Fsp3) is 0.176. The molecule has 1 aliphatic rings. The average molecular weight is 381 g/mol. The fourth-order valence-electron chi connectivity index (χ4n) is 2.34. The number of ether oxygens (including phenoxy) is 2. The summed E-state index contributed by atoms with van der Waals surface area (Å²) in [6.07, 6.45) is 6.49. The standard InChI is InChI=1S/C17H16FNO6S/c1-24-16(20)12-6-4-5-9-19(15(12)17(21)25-2)13-10-11(18)7-8-14(13)26(3,22)23/h4-10H,1-3H3. The number of carbonyl (C=O) groups is 2. The van der Waals surface area contributed by atoms with Crippen LogP contribution in [0.4, 0.5) is 10.1 Å². The van der Waals surface area contributed by atoms with Crippen LogP contribution in [0.15, 0.2) is 58.8 Å². The Morgan fingerprint density at radius 2 is 1.73 bits per heavy atom. The van der Waals surface area contributed by atoms with Gasteiger partial charge in [0.05, 0.1) is 30.4 Å². The summed E-state index contributed by atoms with van der Waals surface area (Å²) in [7, 11) is -1.53. The van der Waals surface area contributed by atoms with Gasteiger partial charge in [-0.05, 0) is 30.4 Å². The zero-order valence-electron chi connectivity index (χ0n) is 14.2. The van der Waals surface area contributed by atoms with Crippen LogP contribution in [0, 0.1) is 5.82 Å². The first-order valence-electron chi connectivity index (χ1n) is 7.25. The number of nitrogens with zero attached hydrogens (tertiary/aromatic N) is 1. The van der Waals surface area contributed by atoms with E-state index in [1.807, 2.05) is 0 Å². The number of benzene rings is 1. The molecule has 0 atom stereocenters. The zero-order valence-corrected chi connectivity index (χ0v) is 15.0. The molecular weight excluding hydrogens is 365 g/mol. The van der Waals surface area contributed by atoms with E-state index < -0.39 is 27.6 Å². The van der Waals surface area contributed by atoms with E-state index in [1.165, 1.54) is 24.4 Å². The third-order valence-electron chi connectivity index (χ3n) is 3.47. The first kappa shape index (κ1) is 19.4. The second-order valence-corrected chi connectivity index (χ2v) is 7.18. The zero-order chi connectivity index (χ0) is 19.5. The number of carbonyl (C=O) groups excluding carboxylic acids is 2. The largest absolute Gasteiger partial charge is 0.465 e. The number of halogens is 1. The van der Waals surface area contributed by atoms with Crippen molar-refractivity contribution in [2.24, 2.45) is 0 Å². The van der Waals surface area contributed by atoms with Gasteiger partial charge in [-0.3, -0.25) is 0 Å². The van der Waals surface area contributed by atoms with Crippen molar-refractivity contribution in [3.8, 4) is 0 Å². The second kappa shape index (κ2) is 7.52. The van der Waals surface area contributed by atoms with Crippen molar-refractivity contribution >= 4 is 27.5 Å². The van der Waals surface area contributed by atoms with Gasteiger partial charge in [-0.25, -0.2) is 22.4 Å². The molecular formula is C17H16FNO6S. The maximum atomic E-state index is 13.8. The Hall–Kier alpha value is -2.94. The molecule has 0 unspecified atom stereocenters. The van der Waals surface area contributed by atoms with Crippen LogP contribution in [0.3, 0.4) is 0 Å². The Labute approximate surface area is 149 Å². The van der Waals surface area contributed by atoms with Gasteiger partial charge < -0.3 is 14.4 Å². The Morgan fingerprint density at radius 1 is 1.08 bits per heavy atom. The van der Waals surface area contributed by atoms with E-state index in [9.17, 15) is 22.4 Å². The predicted octanol–water partition coefficient (Wildman–Crippen LogP) is 1.72. The Bertz CT molecular complexity index is 946. The number of anilines is 1. The lowest BCUT2D eigenvalue weighted by atomic mass is 10.1. The Balaban J connectivity index is 2.84. The van der Waals surface area contributed by atoms with Crippen LogP contribution in [0.2, 0.25) is 0 Å². The van der Waals surface area contributed by atoms with Crippen molar-refractivity contribution in [1.82, 2.24) is 0 Å². The molecule has 2 rings (SSSR count). The number of rotatable bonds is 4. The highest BCUT2D eigenvalue weighted by Crippen LogP contribution is 2.32. The van der Waals surface area contributed by atoms with Crippen molar-refractivity contribution in [3.05, 3.63) is 59.7 Å². The number of allylic oxidation sites excluding steroid dienone is 2. The van der Waals surface area contributed by atoms with Gasteiger partial charge in [0.25, 0.3) is 0 Å². The van der Waals surface area contributed by atoms with Crippen molar-refractivity contribution in [2.45, 2.75) is 4.90 Å². The lowest BCUT2D eigenvalue weighted by Gasteiger charge is -2.24. The number of hydrogen-bond donors (Lipinski definition) is 0. The molecule has 1 aliphatic heterocycles. The molecule has 0 fully saturated rings. The van der Waals surface area contributed by atoms with E-state index >= 15 is 0 Å². The van der Waals surface area contributed by atoms with Gasteiger partial charge in [-0.15, -0.1) is 0 Å². The predicted molar refractivity (Wildman–Crippen MR) is 91.3 cm³/mol. The molecule has 7 nitrogen and oxygen atoms in total. The number of sulfone groups is 1. The lowest BCUT2D eigenvalue weighted by Crippen LogP contribution is -2.28. The molecule has 1 aromatic carbocycles. The van der Waals surface area contributed by atoms with E-state index in [4.69, 9.17) is 4.74 Å². The summed E-state index contributed by atoms with van der Waals surface area (Å²) in [6, 6.07) is 3.02. The molecule has 26 heavy (non-hydrogen) atoms. The summed E-state index contributed by atoms with van der Waals surface area (Å²) < 4.78 is 47.4. The van der Waals surface area contributed by atoms with Crippen molar-refractivity contribution in [3.63, 3.8) is 0 Å². The number of esters is 2. The van der Waals surface area contributed by atoms with Crippen LogP contribution in [-0.4, -0.2) is 40.8 Å². The van der Waals surface area contributed by atoms with Crippen LogP contribution in [0.1, 0.15) is 0 Å². The van der Waals surface area contributed by atoms with E-state index in [0.717, 1.165) is 43.6 Å². The van der Waals surface area contributed by atoms with Gasteiger partial charge in [-0.2, -0.15) is 0 Å². The number of hydrogen-bond acceptors (Lipinski definition) is 7. The van der Waals surface area contributed by atoms with Crippen molar-refractivity contribution < 1.29 is 31.9 Å². The smallest absolute Gasteiger partial charge is 0.355 e. The molecule has 0 saturated heterocycles. The first-order valence-corrected chi connectivity index (χ1v) is 9.14. The lowest BCUT2D eigenvalue weighted by molar-refractivity contribution is -0.139. The summed E-state index contributed by atoms with van der Waals surface area (Å²) in [6.45, 7) is 0. The molecule has 0 spiro atoms. The van der Waals surface area contributed by atoms with Gasteiger partial charge in [0.2, 0.25) is 0 Å². The maximum Gasteiger partial charge on any atom is 0.355 e. The molecule has 0 radical (unpaired) electrons. The summed E-state index contributed by atoms with van der Waals surface area (Å²) >= 11 is 0. The van der Waals surface area contributed by atoms with E-state index in [0.29, 0.717) is 0 Å². The average Bonchev–Trinajstić information content (AvgIpc) is 2.82. The Kier molecular flexibility index (Phi) is 5.61. The summed E-state index contributed by atoms with van der Waals surface area (Å²) in [4.78, 5) is 25.3. The highest BCUT2D eigenvalue weighted by Gasteiger charge is 2.30. The minimum Gasteiger partial charge on any atom is -0.465 e. The monoisotopic (exact) mass is 381 g/mol. The van der Waals surface area contributed by atoms with Crippen LogP contribution in [0.5, 0.6) is 0 Å². The van der Waals surface area contributed by atoms with Crippen molar-refractivity contribution in [2.75, 3.05) is 25.4 Å². The fourth-order valence-corrected chi connectivity index (χ4v) is 3.20. The SMILES string of the molecule is COC(=O)C1=C(C(=O)OC)N(c2cc(F)ccc2S(C)(=O)=O)C=CC=C1. The molecule has 1 aromatic rings. The van der Waals surface area contributed by atoms with Gasteiger partial charge >= 0.3 is 11.9 Å². The molecule has 0 N–H and O–H groups in total. The van der Waals surface area contributed by atoms with Gasteiger partial charge in [0.15, 0.2) is 9.84 Å². The van der Waals surface area contributed by atoms with Crippen LogP contribution in [-0.2, 0) is 28.9 Å². The molecule has 0 aromatic heterocycles. The third-order valence-corrected chi connectivity index (χ3v) is 4.61. The highest BCUT2D eigenvalue weighted by molar-refractivity contribution is 7.90. The first-order chi connectivity index (χ1) is 12.2. The minimum absolute atomic E-state index is 0.144. The van der Waals surface area contributed by atoms with Crippen molar-refractivity contribution in [1.29, 1.82) is 0 Å². The molecule has 0 amide bonds. The molecule has 138 valence electrons. The topological polar surface area (TPSA) is 90.0 Å². The van der Waals surface area contributed by atoms with Crippen LogP contribution in [0.25, 0.3) is 0 Å². The Morgan fingerprint density at radius 3 is 2.31 bits per heavy atom. The molecule has 1 heterocycles. The molecule has 0 bridgehead atoms. The van der Waals surface area contributed by atoms with Crippen LogP contribution >= 0.6 is 0 Å². The van der Waals surface area contributed by atoms with E-state index in [1.54, 1.807) is 0 Å². The molecule has 0 aliphatic carbocycles. The minimum atomic E-state index is -3.76. The highest BCUT2D eigenvalue weighted by atomic mass is 32.2. The third kappa shape index (κ3) is 3.83. The van der Waals surface area contributed by atoms with E-state index in [-0.39, 0.29) is 21.9 Å². The summed E-state index contributed by atoms with van der Waals surface area (Å²) in [5.74, 6) is -2.49. The summed E-state index contributed by atoms with van der Waals surface area (Å²) in [5.41, 5.74) is -0.623. The second-order valence-electron chi connectivity index (χ2n) is 5.20.